The summed E-state index contributed by atoms with van der Waals surface area (Å²) in [5.74, 6) is 0. The summed E-state index contributed by atoms with van der Waals surface area (Å²) in [4.78, 5) is 4.26. The fraction of sp³-hybridized carbons (Fsp3) is 0.400. The molecule has 14 heavy (non-hydrogen) atoms. The van der Waals surface area contributed by atoms with Crippen molar-refractivity contribution in [3.8, 4) is 0 Å². The van der Waals surface area contributed by atoms with E-state index < -0.39 is 0 Å². The van der Waals surface area contributed by atoms with Crippen LogP contribution in [0.25, 0.3) is 0 Å². The highest BCUT2D eigenvalue weighted by Gasteiger charge is 2.20. The van der Waals surface area contributed by atoms with Crippen LogP contribution in [-0.4, -0.2) is 44.9 Å². The standard InChI is InChI=1S/C10H18BN3/c1-13(2)11(14(3)4)12-10-8-6-5-7-9-10/h5-9,12H,1-4H3. The Hall–Kier alpha value is -0.995. The summed E-state index contributed by atoms with van der Waals surface area (Å²) in [6, 6.07) is 10.2. The quantitative estimate of drug-likeness (QED) is 0.721. The first-order valence-electron chi connectivity index (χ1n) is 4.75. The van der Waals surface area contributed by atoms with E-state index in [1.54, 1.807) is 0 Å². The van der Waals surface area contributed by atoms with Gasteiger partial charge in [-0.1, -0.05) is 18.2 Å². The molecule has 76 valence electrons. The molecule has 0 heterocycles. The number of nitrogens with one attached hydrogen (secondary N) is 1. The maximum atomic E-state index is 3.43. The molecular weight excluding hydrogens is 173 g/mol. The van der Waals surface area contributed by atoms with Crippen molar-refractivity contribution in [1.29, 1.82) is 0 Å². The molecule has 0 fully saturated rings. The lowest BCUT2D eigenvalue weighted by molar-refractivity contribution is 0.523. The number of benzene rings is 1. The third-order valence-corrected chi connectivity index (χ3v) is 2.05. The predicted octanol–water partition coefficient (Wildman–Crippen LogP) is 1.21. The second kappa shape index (κ2) is 5.03. The van der Waals surface area contributed by atoms with Crippen LogP contribution < -0.4 is 5.23 Å². The first kappa shape index (κ1) is 11.1. The third kappa shape index (κ3) is 3.05. The molecule has 0 saturated heterocycles. The Kier molecular flexibility index (Phi) is 3.98. The van der Waals surface area contributed by atoms with Crippen LogP contribution in [0.1, 0.15) is 0 Å². The zero-order valence-corrected chi connectivity index (χ0v) is 9.36. The van der Waals surface area contributed by atoms with E-state index in [2.05, 4.69) is 55.2 Å². The first-order chi connectivity index (χ1) is 6.61. The molecule has 0 bridgehead atoms. The number of nitrogens with zero attached hydrogens (tertiary/aromatic N) is 2. The van der Waals surface area contributed by atoms with E-state index in [1.807, 2.05) is 18.2 Å². The van der Waals surface area contributed by atoms with E-state index >= 15 is 0 Å². The Morgan fingerprint density at radius 1 is 0.929 bits per heavy atom. The van der Waals surface area contributed by atoms with Gasteiger partial charge in [-0.15, -0.1) is 0 Å². The lowest BCUT2D eigenvalue weighted by Crippen LogP contribution is -2.51. The molecule has 4 heteroatoms. The highest BCUT2D eigenvalue weighted by molar-refractivity contribution is 6.56. The summed E-state index contributed by atoms with van der Waals surface area (Å²) in [5.41, 5.74) is 1.14. The Morgan fingerprint density at radius 2 is 1.43 bits per heavy atom. The van der Waals surface area contributed by atoms with Gasteiger partial charge in [-0.25, -0.2) is 0 Å². The van der Waals surface area contributed by atoms with Crippen LogP contribution in [0.4, 0.5) is 5.69 Å². The van der Waals surface area contributed by atoms with Gasteiger partial charge in [-0.3, -0.25) is 0 Å². The maximum Gasteiger partial charge on any atom is 0.433 e. The first-order valence-corrected chi connectivity index (χ1v) is 4.75. The van der Waals surface area contributed by atoms with E-state index in [-0.39, 0.29) is 7.12 Å². The molecule has 1 N–H and O–H groups in total. The molecule has 0 aliphatic carbocycles. The molecule has 0 amide bonds. The molecule has 0 radical (unpaired) electrons. The number of para-hydroxylation sites is 1. The fourth-order valence-corrected chi connectivity index (χ4v) is 1.40. The Bertz CT molecular complexity index is 253. The van der Waals surface area contributed by atoms with E-state index in [9.17, 15) is 0 Å². The molecule has 1 rings (SSSR count). The third-order valence-electron chi connectivity index (χ3n) is 2.05. The highest BCUT2D eigenvalue weighted by atomic mass is 15.2. The smallest absolute Gasteiger partial charge is 0.400 e. The predicted molar refractivity (Wildman–Crippen MR) is 63.2 cm³/mol. The largest absolute Gasteiger partial charge is 0.433 e. The van der Waals surface area contributed by atoms with Crippen molar-refractivity contribution in [2.75, 3.05) is 33.4 Å². The number of anilines is 1. The SMILES string of the molecule is CN(C)B(Nc1ccccc1)N(C)C. The molecule has 3 nitrogen and oxygen atoms in total. The minimum Gasteiger partial charge on any atom is -0.400 e. The van der Waals surface area contributed by atoms with Crippen LogP contribution in [-0.2, 0) is 0 Å². The molecule has 1 aromatic rings. The second-order valence-electron chi connectivity index (χ2n) is 3.81. The molecule has 0 unspecified atom stereocenters. The van der Waals surface area contributed by atoms with Gasteiger partial charge in [0.15, 0.2) is 0 Å². The van der Waals surface area contributed by atoms with Gasteiger partial charge in [-0.2, -0.15) is 0 Å². The van der Waals surface area contributed by atoms with Gasteiger partial charge in [0.1, 0.15) is 0 Å². The van der Waals surface area contributed by atoms with E-state index in [0.717, 1.165) is 5.69 Å². The molecule has 0 aliphatic heterocycles. The molecular formula is C10H18BN3. The minimum atomic E-state index is 0.220. The van der Waals surface area contributed by atoms with Crippen molar-refractivity contribution in [3.63, 3.8) is 0 Å². The van der Waals surface area contributed by atoms with Gasteiger partial charge >= 0.3 is 7.12 Å². The van der Waals surface area contributed by atoms with Gasteiger partial charge in [0, 0.05) is 5.69 Å². The number of hydrogen-bond donors (Lipinski definition) is 1. The normalized spacial score (nSPS) is 10.7. The van der Waals surface area contributed by atoms with Crippen molar-refractivity contribution in [1.82, 2.24) is 9.62 Å². The van der Waals surface area contributed by atoms with Crippen LogP contribution in [0.3, 0.4) is 0 Å². The van der Waals surface area contributed by atoms with E-state index in [4.69, 9.17) is 0 Å². The molecule has 0 aliphatic rings. The summed E-state index contributed by atoms with van der Waals surface area (Å²) < 4.78 is 0. The average molecular weight is 191 g/mol. The molecule has 0 aromatic heterocycles. The number of hydrogen-bond acceptors (Lipinski definition) is 3. The monoisotopic (exact) mass is 191 g/mol. The summed E-state index contributed by atoms with van der Waals surface area (Å²) in [6.45, 7) is 0. The topological polar surface area (TPSA) is 18.5 Å². The van der Waals surface area contributed by atoms with Crippen molar-refractivity contribution in [3.05, 3.63) is 30.3 Å². The Balaban J connectivity index is 2.65. The molecule has 0 saturated carbocycles. The van der Waals surface area contributed by atoms with Gasteiger partial charge in [0.05, 0.1) is 0 Å². The fourth-order valence-electron chi connectivity index (χ4n) is 1.40. The summed E-state index contributed by atoms with van der Waals surface area (Å²) in [7, 11) is 8.44. The second-order valence-corrected chi connectivity index (χ2v) is 3.81. The summed E-state index contributed by atoms with van der Waals surface area (Å²) in [5, 5.41) is 3.43. The zero-order chi connectivity index (χ0) is 10.6. The van der Waals surface area contributed by atoms with Crippen LogP contribution in [0.15, 0.2) is 30.3 Å². The van der Waals surface area contributed by atoms with Gasteiger partial charge in [0.25, 0.3) is 0 Å². The average Bonchev–Trinajstić information content (AvgIpc) is 2.15. The molecule has 0 atom stereocenters. The van der Waals surface area contributed by atoms with Crippen LogP contribution >= 0.6 is 0 Å². The van der Waals surface area contributed by atoms with Crippen molar-refractivity contribution >= 4 is 12.8 Å². The lowest BCUT2D eigenvalue weighted by Gasteiger charge is -2.27. The van der Waals surface area contributed by atoms with Crippen LogP contribution in [0, 0.1) is 0 Å². The highest BCUT2D eigenvalue weighted by Crippen LogP contribution is 2.06. The number of rotatable bonds is 4. The van der Waals surface area contributed by atoms with E-state index in [1.165, 1.54) is 0 Å². The molecule has 1 aromatic carbocycles. The van der Waals surface area contributed by atoms with Crippen LogP contribution in [0.5, 0.6) is 0 Å². The minimum absolute atomic E-state index is 0.220. The summed E-state index contributed by atoms with van der Waals surface area (Å²) in [6.07, 6.45) is 0. The van der Waals surface area contributed by atoms with E-state index in [0.29, 0.717) is 0 Å². The van der Waals surface area contributed by atoms with Crippen molar-refractivity contribution < 1.29 is 0 Å². The Labute approximate surface area is 86.9 Å². The lowest BCUT2D eigenvalue weighted by atomic mass is 9.89. The zero-order valence-electron chi connectivity index (χ0n) is 9.36. The van der Waals surface area contributed by atoms with Crippen LogP contribution in [0.2, 0.25) is 0 Å². The van der Waals surface area contributed by atoms with Gasteiger partial charge in [-0.05, 0) is 40.3 Å². The van der Waals surface area contributed by atoms with Gasteiger partial charge < -0.3 is 14.8 Å². The van der Waals surface area contributed by atoms with Gasteiger partial charge in [0.2, 0.25) is 0 Å². The summed E-state index contributed by atoms with van der Waals surface area (Å²) >= 11 is 0. The van der Waals surface area contributed by atoms with Crippen molar-refractivity contribution in [2.45, 2.75) is 0 Å². The maximum absolute atomic E-state index is 3.43. The molecule has 0 spiro atoms. The Morgan fingerprint density at radius 3 is 1.86 bits per heavy atom. The van der Waals surface area contributed by atoms with Crippen molar-refractivity contribution in [2.24, 2.45) is 0 Å².